The number of amides is 1. The Morgan fingerprint density at radius 2 is 1.67 bits per heavy atom. The number of carbonyl (C=O) groups excluding carboxylic acids is 1. The van der Waals surface area contributed by atoms with Crippen molar-refractivity contribution >= 4 is 17.7 Å². The fourth-order valence-electron chi connectivity index (χ4n) is 4.51. The summed E-state index contributed by atoms with van der Waals surface area (Å²) in [7, 11) is 1.84. The number of ether oxygens (including phenoxy) is 1. The van der Waals surface area contributed by atoms with Crippen LogP contribution in [0.5, 0.6) is 0 Å². The number of nitrogens with zero attached hydrogens (tertiary/aromatic N) is 3. The highest BCUT2D eigenvalue weighted by molar-refractivity contribution is 6.30. The molecule has 4 rings (SSSR count). The van der Waals surface area contributed by atoms with Crippen molar-refractivity contribution in [2.75, 3.05) is 7.05 Å². The van der Waals surface area contributed by atoms with Crippen LogP contribution in [0.25, 0.3) is 22.4 Å². The van der Waals surface area contributed by atoms with Gasteiger partial charge in [-0.2, -0.15) is 5.10 Å². The molecule has 1 amide bonds. The lowest BCUT2D eigenvalue weighted by Crippen LogP contribution is -2.42. The van der Waals surface area contributed by atoms with E-state index >= 15 is 0 Å². The van der Waals surface area contributed by atoms with Crippen molar-refractivity contribution in [1.82, 2.24) is 20.1 Å². The molecule has 0 unspecified atom stereocenters. The van der Waals surface area contributed by atoms with Gasteiger partial charge in [-0.25, -0.2) is 4.79 Å². The monoisotopic (exact) mass is 466 g/mol. The number of H-pyrrole nitrogens is 1. The van der Waals surface area contributed by atoms with Crippen LogP contribution < -0.4 is 0 Å². The van der Waals surface area contributed by atoms with Gasteiger partial charge >= 0.3 is 6.09 Å². The van der Waals surface area contributed by atoms with Crippen LogP contribution in [0.2, 0.25) is 5.02 Å². The molecule has 1 saturated carbocycles. The van der Waals surface area contributed by atoms with Crippen molar-refractivity contribution in [2.24, 2.45) is 0 Å². The molecule has 0 aliphatic heterocycles. The molecule has 0 radical (unpaired) electrons. The fourth-order valence-corrected chi connectivity index (χ4v) is 4.64. The minimum absolute atomic E-state index is 0.180. The molecule has 1 fully saturated rings. The lowest BCUT2D eigenvalue weighted by molar-refractivity contribution is 0.0182. The maximum atomic E-state index is 12.5. The minimum atomic E-state index is -0.490. The summed E-state index contributed by atoms with van der Waals surface area (Å²) in [6, 6.07) is 12.0. The second-order valence-corrected chi connectivity index (χ2v) is 10.1. The van der Waals surface area contributed by atoms with Crippen LogP contribution in [0.15, 0.2) is 48.8 Å². The molecular formula is C26H31ClN4O2. The molecule has 0 spiro atoms. The van der Waals surface area contributed by atoms with Gasteiger partial charge in [-0.05, 0) is 76.3 Å². The van der Waals surface area contributed by atoms with Crippen LogP contribution in [-0.2, 0) is 4.74 Å². The molecule has 0 bridgehead atoms. The zero-order valence-corrected chi connectivity index (χ0v) is 20.4. The van der Waals surface area contributed by atoms with Crippen molar-refractivity contribution in [1.29, 1.82) is 0 Å². The number of hydrogen-bond acceptors (Lipinski definition) is 4. The van der Waals surface area contributed by atoms with Crippen LogP contribution in [0.4, 0.5) is 4.79 Å². The van der Waals surface area contributed by atoms with Crippen molar-refractivity contribution in [2.45, 2.75) is 64.0 Å². The summed E-state index contributed by atoms with van der Waals surface area (Å²) in [6.45, 7) is 5.69. The molecule has 1 aliphatic carbocycles. The fraction of sp³-hybridized carbons (Fsp3) is 0.423. The van der Waals surface area contributed by atoms with E-state index in [1.807, 2.05) is 76.6 Å². The molecule has 2 aromatic heterocycles. The second-order valence-electron chi connectivity index (χ2n) is 9.70. The Hall–Kier alpha value is -2.86. The molecule has 0 saturated heterocycles. The Morgan fingerprint density at radius 1 is 1.03 bits per heavy atom. The summed E-state index contributed by atoms with van der Waals surface area (Å²) in [4.78, 5) is 18.5. The number of aromatic nitrogens is 3. The number of benzene rings is 1. The number of rotatable bonds is 4. The van der Waals surface area contributed by atoms with Gasteiger partial charge in [-0.15, -0.1) is 0 Å². The van der Waals surface area contributed by atoms with E-state index in [2.05, 4.69) is 10.1 Å². The number of hydrogen-bond donors (Lipinski definition) is 1. The van der Waals surface area contributed by atoms with Gasteiger partial charge in [0.1, 0.15) is 11.3 Å². The zero-order chi connectivity index (χ0) is 23.6. The number of carbonyl (C=O) groups is 1. The highest BCUT2D eigenvalue weighted by atomic mass is 35.5. The van der Waals surface area contributed by atoms with Crippen LogP contribution in [-0.4, -0.2) is 44.9 Å². The Balaban J connectivity index is 1.57. The standard InChI is InChI=1S/C26H31ClN4O2/c1-26(2,3)33-25(32)31(4)21-11-7-19(8-12-21)24-22(17-13-15-28-16-14-17)23(29-30-24)18-5-9-20(27)10-6-18/h5-6,9-10,13-16,19,21H,7-8,11-12H2,1-4H3,(H,29,30). The van der Waals surface area contributed by atoms with Crippen molar-refractivity contribution < 1.29 is 9.53 Å². The van der Waals surface area contributed by atoms with Gasteiger partial charge < -0.3 is 9.64 Å². The summed E-state index contributed by atoms with van der Waals surface area (Å²) in [6.07, 6.45) is 7.15. The summed E-state index contributed by atoms with van der Waals surface area (Å²) >= 11 is 6.11. The average Bonchev–Trinajstić information content (AvgIpc) is 3.24. The highest BCUT2D eigenvalue weighted by Crippen LogP contribution is 2.42. The lowest BCUT2D eigenvalue weighted by atomic mass is 9.81. The molecule has 3 aromatic rings. The summed E-state index contributed by atoms with van der Waals surface area (Å²) in [5.74, 6) is 0.338. The lowest BCUT2D eigenvalue weighted by Gasteiger charge is -2.35. The minimum Gasteiger partial charge on any atom is -0.444 e. The van der Waals surface area contributed by atoms with Gasteiger partial charge in [0.25, 0.3) is 0 Å². The largest absolute Gasteiger partial charge is 0.444 e. The molecule has 1 aromatic carbocycles. The van der Waals surface area contributed by atoms with Gasteiger partial charge in [0, 0.05) is 53.2 Å². The number of aromatic amines is 1. The number of pyridine rings is 1. The van der Waals surface area contributed by atoms with Gasteiger partial charge in [-0.1, -0.05) is 23.7 Å². The van der Waals surface area contributed by atoms with Crippen LogP contribution in [0.3, 0.4) is 0 Å². The Labute approximate surface area is 200 Å². The van der Waals surface area contributed by atoms with E-state index in [0.717, 1.165) is 53.8 Å². The van der Waals surface area contributed by atoms with Crippen molar-refractivity contribution in [3.8, 4) is 22.4 Å². The summed E-state index contributed by atoms with van der Waals surface area (Å²) in [5.41, 5.74) is 4.79. The molecule has 174 valence electrons. The number of halogens is 1. The summed E-state index contributed by atoms with van der Waals surface area (Å²) < 4.78 is 5.56. The van der Waals surface area contributed by atoms with Gasteiger partial charge in [0.05, 0.1) is 0 Å². The zero-order valence-electron chi connectivity index (χ0n) is 19.6. The topological polar surface area (TPSA) is 71.1 Å². The number of nitrogens with one attached hydrogen (secondary N) is 1. The predicted octanol–water partition coefficient (Wildman–Crippen LogP) is 6.69. The van der Waals surface area contributed by atoms with E-state index in [9.17, 15) is 4.79 Å². The third-order valence-corrected chi connectivity index (χ3v) is 6.47. The predicted molar refractivity (Wildman–Crippen MR) is 131 cm³/mol. The second kappa shape index (κ2) is 9.56. The molecule has 0 atom stereocenters. The Morgan fingerprint density at radius 3 is 2.27 bits per heavy atom. The van der Waals surface area contributed by atoms with E-state index in [1.165, 1.54) is 0 Å². The molecule has 1 N–H and O–H groups in total. The van der Waals surface area contributed by atoms with Crippen molar-refractivity contribution in [3.63, 3.8) is 0 Å². The Bertz CT molecular complexity index is 1080. The van der Waals surface area contributed by atoms with E-state index < -0.39 is 5.60 Å². The molecule has 33 heavy (non-hydrogen) atoms. The normalized spacial score (nSPS) is 18.7. The first-order valence-corrected chi connectivity index (χ1v) is 11.8. The molecule has 7 heteroatoms. The first-order chi connectivity index (χ1) is 15.7. The van der Waals surface area contributed by atoms with Crippen molar-refractivity contribution in [3.05, 3.63) is 59.5 Å². The average molecular weight is 467 g/mol. The van der Waals surface area contributed by atoms with Crippen LogP contribution in [0, 0.1) is 0 Å². The molecular weight excluding hydrogens is 436 g/mol. The first-order valence-electron chi connectivity index (χ1n) is 11.4. The maximum absolute atomic E-state index is 12.5. The van der Waals surface area contributed by atoms with Gasteiger partial charge in [-0.3, -0.25) is 10.1 Å². The van der Waals surface area contributed by atoms with Crippen LogP contribution >= 0.6 is 11.6 Å². The van der Waals surface area contributed by atoms with E-state index in [4.69, 9.17) is 21.4 Å². The van der Waals surface area contributed by atoms with E-state index in [1.54, 1.807) is 4.90 Å². The molecule has 6 nitrogen and oxygen atoms in total. The third-order valence-electron chi connectivity index (χ3n) is 6.22. The van der Waals surface area contributed by atoms with Gasteiger partial charge in [0.2, 0.25) is 0 Å². The quantitative estimate of drug-likeness (QED) is 0.465. The third kappa shape index (κ3) is 5.38. The van der Waals surface area contributed by atoms with Gasteiger partial charge in [0.15, 0.2) is 0 Å². The Kier molecular flexibility index (Phi) is 6.75. The molecule has 1 aliphatic rings. The first kappa shape index (κ1) is 23.3. The molecule has 2 heterocycles. The van der Waals surface area contributed by atoms with Crippen LogP contribution in [0.1, 0.15) is 58.1 Å². The summed E-state index contributed by atoms with van der Waals surface area (Å²) in [5, 5.41) is 8.76. The highest BCUT2D eigenvalue weighted by Gasteiger charge is 2.32. The smallest absolute Gasteiger partial charge is 0.410 e. The van der Waals surface area contributed by atoms with E-state index in [0.29, 0.717) is 10.9 Å². The SMILES string of the molecule is CN(C(=O)OC(C)(C)C)C1CCC(c2[nH]nc(-c3ccc(Cl)cc3)c2-c2ccncc2)CC1. The van der Waals surface area contributed by atoms with E-state index in [-0.39, 0.29) is 12.1 Å². The maximum Gasteiger partial charge on any atom is 0.410 e.